The van der Waals surface area contributed by atoms with Crippen molar-refractivity contribution >= 4 is 21.8 Å². The monoisotopic (exact) mass is 447 g/mol. The van der Waals surface area contributed by atoms with Gasteiger partial charge in [0.25, 0.3) is 0 Å². The highest BCUT2D eigenvalue weighted by Crippen LogP contribution is 2.37. The van der Waals surface area contributed by atoms with E-state index in [-0.39, 0.29) is 27.7 Å². The number of hydrogen-bond acceptors (Lipinski definition) is 6. The Morgan fingerprint density at radius 2 is 1.87 bits per heavy atom. The van der Waals surface area contributed by atoms with E-state index in [9.17, 15) is 21.8 Å². The van der Waals surface area contributed by atoms with Crippen LogP contribution in [0.1, 0.15) is 11.3 Å². The van der Waals surface area contributed by atoms with Crippen molar-refractivity contribution in [3.63, 3.8) is 0 Å². The summed E-state index contributed by atoms with van der Waals surface area (Å²) in [6.07, 6.45) is -7.21. The first-order valence-corrected chi connectivity index (χ1v) is 9.77. The normalized spacial score (nSPS) is 12.9. The summed E-state index contributed by atoms with van der Waals surface area (Å²) >= 11 is 0. The highest BCUT2D eigenvalue weighted by Gasteiger charge is 2.44. The highest BCUT2D eigenvalue weighted by molar-refractivity contribution is 7.84. The van der Waals surface area contributed by atoms with E-state index in [1.54, 1.807) is 13.0 Å². The van der Waals surface area contributed by atoms with Crippen molar-refractivity contribution in [1.29, 1.82) is 0 Å². The topological polar surface area (TPSA) is 86.3 Å². The van der Waals surface area contributed by atoms with Crippen LogP contribution in [0, 0.1) is 6.92 Å². The number of nitrogens with zero attached hydrogens (tertiary/aromatic N) is 2. The highest BCUT2D eigenvalue weighted by atomic mass is 32.2. The van der Waals surface area contributed by atoms with E-state index in [2.05, 4.69) is 19.7 Å². The number of methoxy groups -OCH3 is 2. The van der Waals surface area contributed by atoms with Gasteiger partial charge in [0.2, 0.25) is 0 Å². The van der Waals surface area contributed by atoms with Crippen LogP contribution in [0.25, 0.3) is 11.0 Å². The lowest BCUT2D eigenvalue weighted by molar-refractivity contribution is -0.253. The Labute approximate surface area is 170 Å². The van der Waals surface area contributed by atoms with Crippen LogP contribution in [0.15, 0.2) is 29.6 Å². The molecule has 1 unspecified atom stereocenters. The third kappa shape index (κ3) is 4.32. The first-order chi connectivity index (χ1) is 14.2. The van der Waals surface area contributed by atoms with Gasteiger partial charge >= 0.3 is 12.5 Å². The first kappa shape index (κ1) is 21.8. The second-order valence-corrected chi connectivity index (χ2v) is 7.47. The van der Waals surface area contributed by atoms with Crippen molar-refractivity contribution in [1.82, 2.24) is 15.0 Å². The number of hydrogen-bond donors (Lipinski definition) is 1. The van der Waals surface area contributed by atoms with Crippen LogP contribution >= 0.6 is 0 Å². The summed E-state index contributed by atoms with van der Waals surface area (Å²) < 4.78 is 78.6. The maximum Gasteiger partial charge on any atom is 0.461 e. The number of halogens is 4. The van der Waals surface area contributed by atoms with Gasteiger partial charge in [-0.2, -0.15) is 17.6 Å². The van der Waals surface area contributed by atoms with Crippen LogP contribution in [-0.4, -0.2) is 45.9 Å². The number of aromatic nitrogens is 3. The van der Waals surface area contributed by atoms with Crippen molar-refractivity contribution in [2.45, 2.75) is 30.4 Å². The number of alkyl halides is 4. The zero-order chi connectivity index (χ0) is 22.1. The first-order valence-electron chi connectivity index (χ1n) is 8.45. The van der Waals surface area contributed by atoms with E-state index >= 15 is 0 Å². The molecule has 0 saturated carbocycles. The molecule has 3 aromatic rings. The lowest BCUT2D eigenvalue weighted by Gasteiger charge is -2.18. The smallest absolute Gasteiger partial charge is 0.461 e. The van der Waals surface area contributed by atoms with Crippen LogP contribution in [0.4, 0.5) is 17.6 Å². The second kappa shape index (κ2) is 8.46. The molecule has 0 bridgehead atoms. The average molecular weight is 447 g/mol. The Bertz CT molecular complexity index is 1090. The molecule has 1 N–H and O–H groups in total. The fourth-order valence-electron chi connectivity index (χ4n) is 2.65. The Hall–Kier alpha value is -2.89. The molecule has 0 spiro atoms. The van der Waals surface area contributed by atoms with Gasteiger partial charge in [-0.3, -0.25) is 9.19 Å². The van der Waals surface area contributed by atoms with Crippen LogP contribution in [0.2, 0.25) is 0 Å². The quantitative estimate of drug-likeness (QED) is 0.529. The molecule has 1 atom stereocenters. The zero-order valence-corrected chi connectivity index (χ0v) is 16.9. The zero-order valence-electron chi connectivity index (χ0n) is 16.0. The molecule has 0 radical (unpaired) electrons. The molecule has 1 aromatic carbocycles. The lowest BCUT2D eigenvalue weighted by atomic mass is 10.2. The molecule has 0 aliphatic rings. The van der Waals surface area contributed by atoms with Crippen LogP contribution in [-0.2, 0) is 16.6 Å². The molecule has 0 aliphatic heterocycles. The predicted octanol–water partition coefficient (Wildman–Crippen LogP) is 3.83. The summed E-state index contributed by atoms with van der Waals surface area (Å²) in [4.78, 5) is 11.1. The Balaban J connectivity index is 1.92. The Kier molecular flexibility index (Phi) is 6.15. The van der Waals surface area contributed by atoms with Crippen LogP contribution < -0.4 is 14.2 Å². The predicted molar refractivity (Wildman–Crippen MR) is 99.9 cm³/mol. The number of nitrogens with one attached hydrogen (secondary N) is 1. The van der Waals surface area contributed by atoms with E-state index in [1.807, 2.05) is 0 Å². The largest absolute Gasteiger partial charge is 0.496 e. The number of fused-ring (bicyclic) bond motifs is 1. The van der Waals surface area contributed by atoms with Gasteiger partial charge in [0.15, 0.2) is 16.7 Å². The maximum atomic E-state index is 13.3. The Morgan fingerprint density at radius 1 is 1.17 bits per heavy atom. The van der Waals surface area contributed by atoms with Crippen LogP contribution in [0.3, 0.4) is 0 Å². The molecule has 7 nitrogen and oxygen atoms in total. The van der Waals surface area contributed by atoms with E-state index in [0.29, 0.717) is 11.4 Å². The molecule has 2 aromatic heterocycles. The number of imidazole rings is 1. The molecule has 0 amide bonds. The van der Waals surface area contributed by atoms with Crippen molar-refractivity contribution < 1.29 is 36.0 Å². The number of aromatic amines is 1. The van der Waals surface area contributed by atoms with Gasteiger partial charge in [0.1, 0.15) is 5.75 Å². The summed E-state index contributed by atoms with van der Waals surface area (Å²) in [5, 5.41) is 0.0499. The third-order valence-corrected chi connectivity index (χ3v) is 5.37. The number of rotatable bonds is 8. The SMILES string of the molecule is COc1cc2nc(S(=O)Cc3nccc(OC)c3C)[nH]c2cc1OC(F)(F)C(F)F. The maximum absolute atomic E-state index is 13.3. The summed E-state index contributed by atoms with van der Waals surface area (Å²) in [7, 11) is 1.01. The summed E-state index contributed by atoms with van der Waals surface area (Å²) in [6.45, 7) is 1.77. The van der Waals surface area contributed by atoms with Crippen molar-refractivity contribution in [3.8, 4) is 17.2 Å². The molecular formula is C18H17F4N3O4S. The van der Waals surface area contributed by atoms with E-state index < -0.39 is 29.1 Å². The number of ether oxygens (including phenoxy) is 3. The molecule has 0 fully saturated rings. The van der Waals surface area contributed by atoms with Gasteiger partial charge < -0.3 is 19.2 Å². The molecule has 0 aliphatic carbocycles. The molecule has 2 heterocycles. The van der Waals surface area contributed by atoms with Crippen molar-refractivity contribution in [3.05, 3.63) is 35.7 Å². The number of H-pyrrole nitrogens is 1. The van der Waals surface area contributed by atoms with E-state index in [4.69, 9.17) is 9.47 Å². The fourth-order valence-corrected chi connectivity index (χ4v) is 3.75. The minimum absolute atomic E-state index is 0.0206. The van der Waals surface area contributed by atoms with Gasteiger partial charge in [-0.05, 0) is 13.0 Å². The fraction of sp³-hybridized carbons (Fsp3) is 0.333. The van der Waals surface area contributed by atoms with Gasteiger partial charge in [-0.25, -0.2) is 4.98 Å². The second-order valence-electron chi connectivity index (χ2n) is 6.10. The lowest BCUT2D eigenvalue weighted by Crippen LogP contribution is -2.33. The van der Waals surface area contributed by atoms with E-state index in [1.165, 1.54) is 19.4 Å². The number of pyridine rings is 1. The van der Waals surface area contributed by atoms with Crippen molar-refractivity contribution in [2.75, 3.05) is 14.2 Å². The molecule has 30 heavy (non-hydrogen) atoms. The van der Waals surface area contributed by atoms with Gasteiger partial charge in [0, 0.05) is 23.9 Å². The Morgan fingerprint density at radius 3 is 2.50 bits per heavy atom. The molecular weight excluding hydrogens is 430 g/mol. The summed E-state index contributed by atoms with van der Waals surface area (Å²) in [6, 6.07) is 3.93. The summed E-state index contributed by atoms with van der Waals surface area (Å²) in [5.74, 6) is -0.223. The summed E-state index contributed by atoms with van der Waals surface area (Å²) in [5.41, 5.74) is 1.65. The molecule has 3 rings (SSSR count). The third-order valence-electron chi connectivity index (χ3n) is 4.21. The number of benzene rings is 1. The molecule has 12 heteroatoms. The minimum atomic E-state index is -4.71. The van der Waals surface area contributed by atoms with Crippen LogP contribution in [0.5, 0.6) is 17.2 Å². The van der Waals surface area contributed by atoms with Gasteiger partial charge in [-0.15, -0.1) is 0 Å². The minimum Gasteiger partial charge on any atom is -0.496 e. The van der Waals surface area contributed by atoms with E-state index in [0.717, 1.165) is 18.7 Å². The average Bonchev–Trinajstić information content (AvgIpc) is 3.11. The standard InChI is InChI=1S/C18H17F4N3O4S/c1-9-12(23-5-4-13(9)27-2)8-30(26)17-24-10-6-14(28-3)15(7-11(10)25-17)29-18(21,22)16(19)20/h4-7,16H,8H2,1-3H3,(H,24,25). The van der Waals surface area contributed by atoms with Gasteiger partial charge in [-0.1, -0.05) is 0 Å². The molecule has 0 saturated heterocycles. The van der Waals surface area contributed by atoms with Crippen molar-refractivity contribution in [2.24, 2.45) is 0 Å². The molecule has 162 valence electrons. The van der Waals surface area contributed by atoms with Gasteiger partial charge in [0.05, 0.1) is 47.5 Å².